The highest BCUT2D eigenvalue weighted by Crippen LogP contribution is 2.53. The largest absolute Gasteiger partial charge is 0.481 e. The van der Waals surface area contributed by atoms with E-state index in [1.54, 1.807) is 54.5 Å². The van der Waals surface area contributed by atoms with E-state index in [-0.39, 0.29) is 5.75 Å². The molecular weight excluding hydrogens is 468 g/mol. The number of urea groups is 1. The Kier molecular flexibility index (Phi) is 7.03. The van der Waals surface area contributed by atoms with Crippen LogP contribution in [-0.4, -0.2) is 51.3 Å². The summed E-state index contributed by atoms with van der Waals surface area (Å²) in [6, 6.07) is 15.6. The number of hydrazine groups is 1. The molecule has 3 amide bonds. The molecule has 4 heterocycles. The normalized spacial score (nSPS) is 21.3. The number of amides is 3. The predicted molar refractivity (Wildman–Crippen MR) is 132 cm³/mol. The zero-order chi connectivity index (χ0) is 24.9. The number of nitrogens with one attached hydrogen (secondary N) is 3. The number of carbonyl (C=O) groups is 2. The summed E-state index contributed by atoms with van der Waals surface area (Å²) in [6.45, 7) is 2.15. The Balaban J connectivity index is 2.05. The predicted octanol–water partition coefficient (Wildman–Crippen LogP) is 1.34. The standard InChI is InChI=1S/C23H26N8O3S/c1-3-25-21(33)29-23(20(32)30-24)31(18-11-5-7-14-27-18)22(15-35-23,16-9-4-6-13-26-16)17-10-8-12-19(28-17)34-2/h4-14H,3,15,24H2,1-2H3,(H,30,32)(H2,25,29,33). The molecular formula is C23H26N8O3S. The summed E-state index contributed by atoms with van der Waals surface area (Å²) in [4.78, 5) is 40.3. The first-order valence-electron chi connectivity index (χ1n) is 10.9. The van der Waals surface area contributed by atoms with Crippen LogP contribution in [0.5, 0.6) is 5.88 Å². The summed E-state index contributed by atoms with van der Waals surface area (Å²) in [7, 11) is 1.53. The van der Waals surface area contributed by atoms with Crippen molar-refractivity contribution in [1.29, 1.82) is 0 Å². The Labute approximate surface area is 206 Å². The van der Waals surface area contributed by atoms with Crippen molar-refractivity contribution < 1.29 is 14.3 Å². The topological polar surface area (TPSA) is 147 Å². The molecule has 2 unspecified atom stereocenters. The Hall–Kier alpha value is -3.90. The average molecular weight is 495 g/mol. The van der Waals surface area contributed by atoms with Crippen LogP contribution < -0.4 is 31.5 Å². The number of rotatable bonds is 7. The van der Waals surface area contributed by atoms with Crippen LogP contribution in [0.3, 0.4) is 0 Å². The monoisotopic (exact) mass is 494 g/mol. The van der Waals surface area contributed by atoms with Crippen molar-refractivity contribution in [3.63, 3.8) is 0 Å². The summed E-state index contributed by atoms with van der Waals surface area (Å²) < 4.78 is 5.40. The van der Waals surface area contributed by atoms with Crippen molar-refractivity contribution in [2.75, 3.05) is 24.3 Å². The van der Waals surface area contributed by atoms with E-state index in [4.69, 9.17) is 15.6 Å². The van der Waals surface area contributed by atoms with Crippen LogP contribution in [0.15, 0.2) is 67.0 Å². The summed E-state index contributed by atoms with van der Waals surface area (Å²) in [5.74, 6) is 6.10. The van der Waals surface area contributed by atoms with Gasteiger partial charge in [0.1, 0.15) is 11.4 Å². The lowest BCUT2D eigenvalue weighted by Gasteiger charge is -2.45. The van der Waals surface area contributed by atoms with Gasteiger partial charge >= 0.3 is 6.03 Å². The highest BCUT2D eigenvalue weighted by Gasteiger charge is 2.64. The van der Waals surface area contributed by atoms with Gasteiger partial charge in [0.25, 0.3) is 5.91 Å². The minimum absolute atomic E-state index is 0.278. The second-order valence-electron chi connectivity index (χ2n) is 7.55. The van der Waals surface area contributed by atoms with E-state index >= 15 is 0 Å². The minimum Gasteiger partial charge on any atom is -0.481 e. The van der Waals surface area contributed by atoms with Crippen molar-refractivity contribution >= 4 is 29.5 Å². The van der Waals surface area contributed by atoms with Crippen molar-refractivity contribution in [2.45, 2.75) is 17.5 Å². The first-order chi connectivity index (χ1) is 17.0. The van der Waals surface area contributed by atoms with Crippen molar-refractivity contribution in [1.82, 2.24) is 31.0 Å². The van der Waals surface area contributed by atoms with Crippen LogP contribution in [0.2, 0.25) is 0 Å². The van der Waals surface area contributed by atoms with Crippen LogP contribution in [0.4, 0.5) is 10.6 Å². The lowest BCUT2D eigenvalue weighted by atomic mass is 9.88. The van der Waals surface area contributed by atoms with Crippen LogP contribution >= 0.6 is 11.8 Å². The van der Waals surface area contributed by atoms with Gasteiger partial charge in [-0.05, 0) is 37.3 Å². The molecule has 0 radical (unpaired) electrons. The van der Waals surface area contributed by atoms with Crippen LogP contribution in [0, 0.1) is 0 Å². The Bertz CT molecular complexity index is 1190. The lowest BCUT2D eigenvalue weighted by Crippen LogP contribution is -2.70. The molecule has 0 bridgehead atoms. The van der Waals surface area contributed by atoms with Crippen LogP contribution in [-0.2, 0) is 10.3 Å². The smallest absolute Gasteiger partial charge is 0.317 e. The maximum Gasteiger partial charge on any atom is 0.317 e. The number of nitrogens with two attached hydrogens (primary N) is 1. The molecule has 1 fully saturated rings. The fraction of sp³-hybridized carbons (Fsp3) is 0.261. The fourth-order valence-corrected chi connectivity index (χ4v) is 5.67. The number of nitrogens with zero attached hydrogens (tertiary/aromatic N) is 4. The number of anilines is 1. The number of carbonyl (C=O) groups excluding carboxylic acids is 2. The van der Waals surface area contributed by atoms with Gasteiger partial charge in [-0.2, -0.15) is 0 Å². The number of thioether (sulfide) groups is 1. The number of ether oxygens (including phenoxy) is 1. The molecule has 1 aliphatic heterocycles. The highest BCUT2D eigenvalue weighted by molar-refractivity contribution is 8.01. The molecule has 182 valence electrons. The molecule has 12 heteroatoms. The number of hydrogen-bond acceptors (Lipinski definition) is 9. The Morgan fingerprint density at radius 3 is 2.46 bits per heavy atom. The third-order valence-electron chi connectivity index (χ3n) is 5.57. The molecule has 0 aromatic carbocycles. The van der Waals surface area contributed by atoms with E-state index < -0.39 is 22.5 Å². The van der Waals surface area contributed by atoms with Gasteiger partial charge in [0.2, 0.25) is 10.9 Å². The Morgan fingerprint density at radius 2 is 1.83 bits per heavy atom. The third-order valence-corrected chi connectivity index (χ3v) is 7.02. The van der Waals surface area contributed by atoms with E-state index in [1.807, 2.05) is 24.3 Å². The van der Waals surface area contributed by atoms with E-state index in [0.29, 0.717) is 29.6 Å². The van der Waals surface area contributed by atoms with Gasteiger partial charge in [0, 0.05) is 30.8 Å². The first-order valence-corrected chi connectivity index (χ1v) is 11.9. The molecule has 2 atom stereocenters. The van der Waals surface area contributed by atoms with Crippen molar-refractivity contribution in [3.8, 4) is 5.88 Å². The van der Waals surface area contributed by atoms with E-state index in [1.165, 1.54) is 18.9 Å². The Morgan fingerprint density at radius 1 is 1.09 bits per heavy atom. The second-order valence-corrected chi connectivity index (χ2v) is 8.72. The maximum absolute atomic E-state index is 13.5. The first kappa shape index (κ1) is 24.2. The number of methoxy groups -OCH3 is 1. The molecule has 35 heavy (non-hydrogen) atoms. The molecule has 3 aromatic heterocycles. The maximum atomic E-state index is 13.5. The number of aromatic nitrogens is 3. The summed E-state index contributed by atoms with van der Waals surface area (Å²) in [5, 5.41) is 5.53. The molecule has 0 aliphatic carbocycles. The fourth-order valence-electron chi connectivity index (χ4n) is 4.10. The second kappa shape index (κ2) is 10.2. The number of hydrogen-bond donors (Lipinski definition) is 4. The molecule has 4 rings (SSSR count). The lowest BCUT2D eigenvalue weighted by molar-refractivity contribution is -0.124. The molecule has 11 nitrogen and oxygen atoms in total. The average Bonchev–Trinajstić information content (AvgIpc) is 3.26. The van der Waals surface area contributed by atoms with Gasteiger partial charge in [-0.25, -0.2) is 20.6 Å². The molecule has 0 spiro atoms. The van der Waals surface area contributed by atoms with Gasteiger partial charge < -0.3 is 10.1 Å². The van der Waals surface area contributed by atoms with Gasteiger partial charge in [0.15, 0.2) is 0 Å². The quantitative estimate of drug-likeness (QED) is 0.217. The van der Waals surface area contributed by atoms with Gasteiger partial charge in [-0.3, -0.25) is 25.4 Å². The van der Waals surface area contributed by atoms with Gasteiger partial charge in [0.05, 0.1) is 18.5 Å². The van der Waals surface area contributed by atoms with Gasteiger partial charge in [-0.15, -0.1) is 0 Å². The third kappa shape index (κ3) is 4.21. The van der Waals surface area contributed by atoms with E-state index in [0.717, 1.165) is 0 Å². The van der Waals surface area contributed by atoms with E-state index in [9.17, 15) is 9.59 Å². The zero-order valence-electron chi connectivity index (χ0n) is 19.3. The highest BCUT2D eigenvalue weighted by atomic mass is 32.2. The molecule has 5 N–H and O–H groups in total. The van der Waals surface area contributed by atoms with Crippen molar-refractivity contribution in [2.24, 2.45) is 5.84 Å². The summed E-state index contributed by atoms with van der Waals surface area (Å²) in [6.07, 6.45) is 3.27. The molecule has 1 saturated heterocycles. The molecule has 3 aromatic rings. The zero-order valence-corrected chi connectivity index (χ0v) is 20.1. The van der Waals surface area contributed by atoms with Crippen molar-refractivity contribution in [3.05, 3.63) is 78.4 Å². The number of pyridine rings is 3. The van der Waals surface area contributed by atoms with Crippen LogP contribution in [0.1, 0.15) is 18.3 Å². The molecule has 0 saturated carbocycles. The van der Waals surface area contributed by atoms with Crippen LogP contribution in [0.25, 0.3) is 0 Å². The van der Waals surface area contributed by atoms with E-state index in [2.05, 4.69) is 26.0 Å². The summed E-state index contributed by atoms with van der Waals surface area (Å²) in [5.41, 5.74) is 2.24. The SMILES string of the molecule is CCNC(=O)NC1(C(=O)NN)SCC(c2ccccn2)(c2cccc(OC)n2)N1c1ccccn1. The molecule has 1 aliphatic rings. The summed E-state index contributed by atoms with van der Waals surface area (Å²) >= 11 is 1.19. The minimum atomic E-state index is -1.69. The van der Waals surface area contributed by atoms with Gasteiger partial charge in [-0.1, -0.05) is 30.0 Å².